The van der Waals surface area contributed by atoms with Crippen molar-refractivity contribution < 1.29 is 13.2 Å². The highest BCUT2D eigenvalue weighted by Gasteiger charge is 2.27. The number of hydrogen-bond donors (Lipinski definition) is 1. The Morgan fingerprint density at radius 3 is 2.31 bits per heavy atom. The van der Waals surface area contributed by atoms with Crippen molar-refractivity contribution in [1.82, 2.24) is 9.73 Å². The summed E-state index contributed by atoms with van der Waals surface area (Å²) < 4.78 is 27.7. The molecule has 0 spiro atoms. The van der Waals surface area contributed by atoms with Crippen molar-refractivity contribution in [1.29, 1.82) is 0 Å². The van der Waals surface area contributed by atoms with Gasteiger partial charge in [0.25, 0.3) is 5.91 Å². The average molecular weight is 470 g/mol. The number of nitrogens with zero attached hydrogens (tertiary/aromatic N) is 2. The fourth-order valence-corrected chi connectivity index (χ4v) is 4.63. The molecule has 0 bridgehead atoms. The summed E-state index contributed by atoms with van der Waals surface area (Å²) in [5, 5.41) is 4.39. The highest BCUT2D eigenvalue weighted by Crippen LogP contribution is 2.21. The smallest absolute Gasteiger partial charge is 0.255 e. The van der Waals surface area contributed by atoms with Crippen molar-refractivity contribution >= 4 is 33.7 Å². The largest absolute Gasteiger partial charge is 0.272 e. The van der Waals surface area contributed by atoms with Gasteiger partial charge in [-0.25, -0.2) is 13.8 Å². The van der Waals surface area contributed by atoms with E-state index in [9.17, 15) is 13.2 Å². The lowest BCUT2D eigenvalue weighted by Crippen LogP contribution is -2.39. The van der Waals surface area contributed by atoms with Gasteiger partial charge >= 0.3 is 0 Å². The maximum atomic E-state index is 13.3. The summed E-state index contributed by atoms with van der Waals surface area (Å²) in [6.07, 6.45) is 1.52. The minimum atomic E-state index is -3.94. The molecule has 0 atom stereocenters. The predicted molar refractivity (Wildman–Crippen MR) is 127 cm³/mol. The Hall–Kier alpha value is -3.00. The Kier molecular flexibility index (Phi) is 7.80. The van der Waals surface area contributed by atoms with Crippen LogP contribution >= 0.6 is 11.6 Å². The first-order valence-electron chi connectivity index (χ1n) is 9.94. The Balaban J connectivity index is 1.80. The monoisotopic (exact) mass is 469 g/mol. The molecule has 0 aliphatic rings. The minimum absolute atomic E-state index is 0.0433. The number of hydrogen-bond acceptors (Lipinski definition) is 4. The maximum Gasteiger partial charge on any atom is 0.255 e. The standard InChI is InChI=1S/C24H24ClN3O3S/c1-18-5-3-7-20(13-18)15-26-27-24(29)17-28(16-21-8-4-6-19(2)14-21)32(30,31)23-11-9-22(25)10-12-23/h3-15H,16-17H2,1-2H3,(H,27,29). The van der Waals surface area contributed by atoms with Gasteiger partial charge in [0, 0.05) is 11.6 Å². The average Bonchev–Trinajstić information content (AvgIpc) is 2.74. The molecule has 0 aliphatic heterocycles. The molecule has 3 aromatic carbocycles. The molecule has 6 nitrogen and oxygen atoms in total. The summed E-state index contributed by atoms with van der Waals surface area (Å²) in [6, 6.07) is 21.0. The fourth-order valence-electron chi connectivity index (χ4n) is 3.12. The van der Waals surface area contributed by atoms with Gasteiger partial charge in [-0.3, -0.25) is 4.79 Å². The molecule has 0 saturated heterocycles. The van der Waals surface area contributed by atoms with Crippen LogP contribution in [0.2, 0.25) is 5.02 Å². The van der Waals surface area contributed by atoms with Crippen LogP contribution in [0.4, 0.5) is 0 Å². The van der Waals surface area contributed by atoms with E-state index in [1.165, 1.54) is 30.5 Å². The third-order valence-corrected chi connectivity index (χ3v) is 6.72. The molecule has 0 aliphatic carbocycles. The van der Waals surface area contributed by atoms with Gasteiger partial charge in [-0.2, -0.15) is 9.41 Å². The summed E-state index contributed by atoms with van der Waals surface area (Å²) in [5.74, 6) is -0.543. The van der Waals surface area contributed by atoms with E-state index >= 15 is 0 Å². The van der Waals surface area contributed by atoms with E-state index in [1.54, 1.807) is 0 Å². The first kappa shape index (κ1) is 23.7. The predicted octanol–water partition coefficient (Wildman–Crippen LogP) is 4.30. The van der Waals surface area contributed by atoms with E-state index in [2.05, 4.69) is 10.5 Å². The molecule has 3 rings (SSSR count). The van der Waals surface area contributed by atoms with Crippen LogP contribution in [0.3, 0.4) is 0 Å². The van der Waals surface area contributed by atoms with Crippen LogP contribution in [0.15, 0.2) is 82.8 Å². The Bertz CT molecular complexity index is 1230. The number of sulfonamides is 1. The quantitative estimate of drug-likeness (QED) is 0.394. The van der Waals surface area contributed by atoms with Crippen molar-refractivity contribution in [3.05, 3.63) is 100 Å². The van der Waals surface area contributed by atoms with Crippen molar-refractivity contribution in [3.8, 4) is 0 Å². The molecule has 3 aromatic rings. The molecule has 1 N–H and O–H groups in total. The van der Waals surface area contributed by atoms with Crippen LogP contribution in [0.5, 0.6) is 0 Å². The van der Waals surface area contributed by atoms with Crippen molar-refractivity contribution in [2.45, 2.75) is 25.3 Å². The summed E-state index contributed by atoms with van der Waals surface area (Å²) in [5.41, 5.74) is 6.09. The van der Waals surface area contributed by atoms with Crippen molar-refractivity contribution in [2.24, 2.45) is 5.10 Å². The number of halogens is 1. The lowest BCUT2D eigenvalue weighted by atomic mass is 10.1. The van der Waals surface area contributed by atoms with Gasteiger partial charge in [0.2, 0.25) is 10.0 Å². The number of nitrogens with one attached hydrogen (secondary N) is 1. The summed E-state index contributed by atoms with van der Waals surface area (Å²) in [4.78, 5) is 12.6. The van der Waals surface area contributed by atoms with Gasteiger partial charge in [0.05, 0.1) is 17.7 Å². The van der Waals surface area contributed by atoms with E-state index in [0.29, 0.717) is 5.02 Å². The molecule has 0 radical (unpaired) electrons. The van der Waals surface area contributed by atoms with E-state index in [0.717, 1.165) is 26.6 Å². The van der Waals surface area contributed by atoms with Crippen LogP contribution < -0.4 is 5.43 Å². The molecule has 166 valence electrons. The number of aryl methyl sites for hydroxylation is 2. The molecule has 0 saturated carbocycles. The SMILES string of the molecule is Cc1cccc(C=NNC(=O)CN(Cc2cccc(C)c2)S(=O)(=O)c2ccc(Cl)cc2)c1. The molecule has 0 aromatic heterocycles. The van der Waals surface area contributed by atoms with Crippen LogP contribution in [-0.4, -0.2) is 31.4 Å². The Morgan fingerprint density at radius 2 is 1.66 bits per heavy atom. The molecule has 0 heterocycles. The number of hydrazone groups is 1. The van der Waals surface area contributed by atoms with Gasteiger partial charge in [-0.1, -0.05) is 71.3 Å². The zero-order chi connectivity index (χ0) is 23.1. The first-order valence-corrected chi connectivity index (χ1v) is 11.8. The number of carbonyl (C=O) groups excluding carboxylic acids is 1. The second-order valence-electron chi connectivity index (χ2n) is 7.42. The third-order valence-electron chi connectivity index (χ3n) is 4.66. The van der Waals surface area contributed by atoms with Gasteiger partial charge < -0.3 is 0 Å². The maximum absolute atomic E-state index is 13.3. The fraction of sp³-hybridized carbons (Fsp3) is 0.167. The molecular formula is C24H24ClN3O3S. The number of carbonyl (C=O) groups is 1. The minimum Gasteiger partial charge on any atom is -0.272 e. The highest BCUT2D eigenvalue weighted by atomic mass is 35.5. The van der Waals surface area contributed by atoms with Gasteiger partial charge in [0.15, 0.2) is 0 Å². The molecule has 8 heteroatoms. The second-order valence-corrected chi connectivity index (χ2v) is 9.80. The lowest BCUT2D eigenvalue weighted by Gasteiger charge is -2.21. The molecule has 32 heavy (non-hydrogen) atoms. The van der Waals surface area contributed by atoms with Crippen molar-refractivity contribution in [3.63, 3.8) is 0 Å². The van der Waals surface area contributed by atoms with E-state index in [-0.39, 0.29) is 18.0 Å². The summed E-state index contributed by atoms with van der Waals surface area (Å²) in [6.45, 7) is 3.54. The zero-order valence-corrected chi connectivity index (χ0v) is 19.4. The van der Waals surface area contributed by atoms with Crippen LogP contribution in [0.1, 0.15) is 22.3 Å². The number of rotatable bonds is 8. The van der Waals surface area contributed by atoms with Gasteiger partial charge in [0.1, 0.15) is 0 Å². The lowest BCUT2D eigenvalue weighted by molar-refractivity contribution is -0.121. The van der Waals surface area contributed by atoms with Crippen LogP contribution in [-0.2, 0) is 21.4 Å². The Labute approximate surface area is 193 Å². The third kappa shape index (κ3) is 6.50. The molecule has 0 unspecified atom stereocenters. The molecular weight excluding hydrogens is 446 g/mol. The van der Waals surface area contributed by atoms with Gasteiger partial charge in [-0.15, -0.1) is 0 Å². The summed E-state index contributed by atoms with van der Waals surface area (Å²) >= 11 is 5.90. The van der Waals surface area contributed by atoms with Crippen LogP contribution in [0, 0.1) is 13.8 Å². The zero-order valence-electron chi connectivity index (χ0n) is 17.8. The normalized spacial score (nSPS) is 11.8. The molecule has 1 amide bonds. The number of benzene rings is 3. The van der Waals surface area contributed by atoms with E-state index < -0.39 is 15.9 Å². The number of amides is 1. The van der Waals surface area contributed by atoms with Gasteiger partial charge in [-0.05, 0) is 49.2 Å². The van der Waals surface area contributed by atoms with Crippen molar-refractivity contribution in [2.75, 3.05) is 6.54 Å². The Morgan fingerprint density at radius 1 is 1.00 bits per heavy atom. The highest BCUT2D eigenvalue weighted by molar-refractivity contribution is 7.89. The second kappa shape index (κ2) is 10.5. The van der Waals surface area contributed by atoms with Crippen LogP contribution in [0.25, 0.3) is 0 Å². The van der Waals surface area contributed by atoms with E-state index in [1.807, 2.05) is 62.4 Å². The topological polar surface area (TPSA) is 78.8 Å². The van der Waals surface area contributed by atoms with E-state index in [4.69, 9.17) is 11.6 Å². The summed E-state index contributed by atoms with van der Waals surface area (Å²) in [7, 11) is -3.94. The molecule has 0 fully saturated rings. The first-order chi connectivity index (χ1) is 15.2.